The molecule has 3 atom stereocenters. The molecule has 1 amide bonds. The first-order chi connectivity index (χ1) is 20.9. The van der Waals surface area contributed by atoms with Gasteiger partial charge < -0.3 is 14.6 Å². The predicted molar refractivity (Wildman–Crippen MR) is 172 cm³/mol. The highest BCUT2D eigenvalue weighted by Gasteiger charge is 2.72. The number of hydrogen-bond donors (Lipinski definition) is 1. The largest absolute Gasteiger partial charge is 0.480 e. The van der Waals surface area contributed by atoms with Gasteiger partial charge in [-0.05, 0) is 76.1 Å². The smallest absolute Gasteiger partial charge is 0.418 e. The Morgan fingerprint density at radius 2 is 1.98 bits per heavy atom. The first kappa shape index (κ1) is 34.3. The molecule has 1 aliphatic heterocycles. The fraction of sp³-hybridized carbons (Fsp3) is 0.469. The summed E-state index contributed by atoms with van der Waals surface area (Å²) in [5.74, 6) is -3.07. The van der Waals surface area contributed by atoms with E-state index in [2.05, 4.69) is 24.6 Å². The van der Waals surface area contributed by atoms with Crippen LogP contribution in [0.4, 0.5) is 13.6 Å². The summed E-state index contributed by atoms with van der Waals surface area (Å²) in [5.41, 5.74) is -1.65. The number of hydrogen-bond acceptors (Lipinski definition) is 8. The molecule has 13 heteroatoms. The summed E-state index contributed by atoms with van der Waals surface area (Å²) in [5, 5.41) is 19.4. The minimum Gasteiger partial charge on any atom is -0.480 e. The average Bonchev–Trinajstić information content (AvgIpc) is 3.70. The Balaban J connectivity index is 1.76. The van der Waals surface area contributed by atoms with Crippen LogP contribution in [0.5, 0.6) is 0 Å². The number of halogens is 2. The van der Waals surface area contributed by atoms with Crippen LogP contribution in [0.2, 0.25) is 25.7 Å². The molecule has 2 heterocycles. The monoisotopic (exact) mass is 656 g/mol. The third-order valence-corrected chi connectivity index (χ3v) is 10.8. The Bertz CT molecular complexity index is 1580. The van der Waals surface area contributed by atoms with E-state index in [1.54, 1.807) is 27.7 Å². The number of carbonyl (C=O) groups excluding carboxylic acids is 1. The summed E-state index contributed by atoms with van der Waals surface area (Å²) >= 11 is 0.939. The van der Waals surface area contributed by atoms with E-state index in [1.165, 1.54) is 47.5 Å². The molecule has 9 nitrogen and oxygen atoms in total. The number of amidine groups is 1. The normalized spacial score (nSPS) is 23.0. The van der Waals surface area contributed by atoms with Crippen molar-refractivity contribution in [2.45, 2.75) is 75.7 Å². The van der Waals surface area contributed by atoms with E-state index in [1.807, 2.05) is 6.07 Å². The van der Waals surface area contributed by atoms with E-state index in [-0.39, 0.29) is 35.1 Å². The Labute approximate surface area is 267 Å². The van der Waals surface area contributed by atoms with Crippen molar-refractivity contribution in [3.05, 3.63) is 64.7 Å². The Hall–Kier alpha value is -3.60. The van der Waals surface area contributed by atoms with E-state index in [0.29, 0.717) is 12.2 Å². The highest BCUT2D eigenvalue weighted by atomic mass is 32.2. The highest BCUT2D eigenvalue weighted by Crippen LogP contribution is 2.66. The van der Waals surface area contributed by atoms with Gasteiger partial charge in [-0.2, -0.15) is 5.26 Å². The van der Waals surface area contributed by atoms with Gasteiger partial charge in [0.05, 0.1) is 16.8 Å². The number of nitriles is 1. The van der Waals surface area contributed by atoms with Crippen LogP contribution in [0.3, 0.4) is 0 Å². The third kappa shape index (κ3) is 7.80. The maximum atomic E-state index is 15.6. The molecule has 0 unspecified atom stereocenters. The SMILES string of the molecule is CC(C)(C)OC(=O)N(COCC[Si](C)(C)C)C1=N[C@](C)(c2cc(/C=C(\F)c3ccc(C#N)cn3)ccc2F)[C@@H]2C[C@]2(C(=O)O)S1. The molecule has 1 aliphatic carbocycles. The molecule has 0 saturated heterocycles. The lowest BCUT2D eigenvalue weighted by atomic mass is 9.84. The van der Waals surface area contributed by atoms with Crippen LogP contribution >= 0.6 is 11.8 Å². The van der Waals surface area contributed by atoms with Gasteiger partial charge in [-0.25, -0.2) is 18.5 Å². The Morgan fingerprint density at radius 3 is 2.56 bits per heavy atom. The highest BCUT2D eigenvalue weighted by molar-refractivity contribution is 8.15. The second-order valence-electron chi connectivity index (χ2n) is 13.6. The number of amides is 1. The number of carbonyl (C=O) groups is 2. The molecule has 1 N–H and O–H groups in total. The number of thioether (sulfide) groups is 1. The minimum atomic E-state index is -1.44. The molecule has 1 saturated carbocycles. The van der Waals surface area contributed by atoms with Crippen LogP contribution in [0, 0.1) is 23.1 Å². The lowest BCUT2D eigenvalue weighted by Crippen LogP contribution is -2.47. The zero-order valence-corrected chi connectivity index (χ0v) is 28.3. The average molecular weight is 657 g/mol. The van der Waals surface area contributed by atoms with Crippen molar-refractivity contribution in [3.8, 4) is 6.07 Å². The van der Waals surface area contributed by atoms with Crippen molar-refractivity contribution in [3.63, 3.8) is 0 Å². The zero-order valence-electron chi connectivity index (χ0n) is 26.5. The first-order valence-electron chi connectivity index (χ1n) is 14.5. The molecular formula is C32H38F2N4O5SSi. The molecule has 0 spiro atoms. The quantitative estimate of drug-likeness (QED) is 0.170. The van der Waals surface area contributed by atoms with Gasteiger partial charge in [0.25, 0.3) is 0 Å². The molecule has 240 valence electrons. The predicted octanol–water partition coefficient (Wildman–Crippen LogP) is 7.27. The molecule has 2 aliphatic rings. The summed E-state index contributed by atoms with van der Waals surface area (Å²) in [6.07, 6.45) is 1.84. The van der Waals surface area contributed by atoms with E-state index >= 15 is 8.78 Å². The molecule has 1 aromatic heterocycles. The van der Waals surface area contributed by atoms with E-state index in [4.69, 9.17) is 19.7 Å². The molecular weight excluding hydrogens is 619 g/mol. The number of aromatic nitrogens is 1. The number of nitrogens with zero attached hydrogens (tertiary/aromatic N) is 4. The molecule has 45 heavy (non-hydrogen) atoms. The molecule has 2 aromatic rings. The van der Waals surface area contributed by atoms with Crippen LogP contribution in [0.15, 0.2) is 41.5 Å². The van der Waals surface area contributed by atoms with Crippen LogP contribution in [0.1, 0.15) is 56.5 Å². The van der Waals surface area contributed by atoms with Crippen molar-refractivity contribution in [2.75, 3.05) is 13.3 Å². The van der Waals surface area contributed by atoms with Crippen molar-refractivity contribution in [1.29, 1.82) is 5.26 Å². The fourth-order valence-electron chi connectivity index (χ4n) is 4.99. The first-order valence-corrected chi connectivity index (χ1v) is 19.1. The lowest BCUT2D eigenvalue weighted by molar-refractivity contribution is -0.137. The van der Waals surface area contributed by atoms with Crippen molar-refractivity contribution in [2.24, 2.45) is 10.9 Å². The van der Waals surface area contributed by atoms with E-state index < -0.39 is 53.6 Å². The van der Waals surface area contributed by atoms with Gasteiger partial charge in [-0.3, -0.25) is 14.8 Å². The number of fused-ring (bicyclic) bond motifs is 1. The number of benzene rings is 1. The number of pyridine rings is 1. The van der Waals surface area contributed by atoms with Crippen molar-refractivity contribution < 1.29 is 33.0 Å². The second-order valence-corrected chi connectivity index (χ2v) is 20.5. The lowest BCUT2D eigenvalue weighted by Gasteiger charge is -2.37. The summed E-state index contributed by atoms with van der Waals surface area (Å²) in [6.45, 7) is 13.5. The second kappa shape index (κ2) is 12.7. The maximum Gasteiger partial charge on any atom is 0.418 e. The standard InChI is InChI=1S/C32H38F2N4O5SSi/c1-30(2,3)43-29(41)38(19-42-12-13-45(5,6)7)28-37-31(4,26-16-32(26,44-28)27(39)40)22-14-20(8-10-23(22)33)15-24(34)25-11-9-21(17-35)18-36-25/h8-11,14-15,18,26H,12-13,16,19H2,1-7H3,(H,39,40)/b24-15-/t26-,31+,32-/m0/s1. The molecule has 0 bridgehead atoms. The maximum absolute atomic E-state index is 15.6. The van der Waals surface area contributed by atoms with Gasteiger partial charge in [-0.15, -0.1) is 0 Å². The number of aliphatic imine (C=N–C) groups is 1. The minimum absolute atomic E-state index is 0.00493. The molecule has 1 fully saturated rings. The number of carboxylic acid groups (broad SMARTS) is 1. The molecule has 0 radical (unpaired) electrons. The molecule has 4 rings (SSSR count). The summed E-state index contributed by atoms with van der Waals surface area (Å²) < 4.78 is 40.9. The van der Waals surface area contributed by atoms with Crippen LogP contribution in [-0.4, -0.2) is 64.0 Å². The van der Waals surface area contributed by atoms with Gasteiger partial charge in [0.15, 0.2) is 5.17 Å². The van der Waals surface area contributed by atoms with Gasteiger partial charge >= 0.3 is 12.1 Å². The summed E-state index contributed by atoms with van der Waals surface area (Å²) in [7, 11) is -1.44. The number of rotatable bonds is 9. The van der Waals surface area contributed by atoms with Crippen LogP contribution in [0.25, 0.3) is 11.9 Å². The van der Waals surface area contributed by atoms with Crippen LogP contribution in [-0.2, 0) is 19.8 Å². The van der Waals surface area contributed by atoms with Crippen molar-refractivity contribution >= 4 is 49.0 Å². The topological polar surface area (TPSA) is 125 Å². The summed E-state index contributed by atoms with van der Waals surface area (Å²) in [6, 6.07) is 9.58. The van der Waals surface area contributed by atoms with Gasteiger partial charge in [0.2, 0.25) is 0 Å². The molecule has 1 aromatic carbocycles. The fourth-order valence-corrected chi connectivity index (χ4v) is 7.26. The van der Waals surface area contributed by atoms with Gasteiger partial charge in [0.1, 0.15) is 34.8 Å². The number of ether oxygens (including phenoxy) is 2. The van der Waals surface area contributed by atoms with Crippen molar-refractivity contribution in [1.82, 2.24) is 9.88 Å². The van der Waals surface area contributed by atoms with Crippen LogP contribution < -0.4 is 0 Å². The van der Waals surface area contributed by atoms with E-state index in [0.717, 1.165) is 17.8 Å². The number of aliphatic carboxylic acids is 1. The van der Waals surface area contributed by atoms with E-state index in [9.17, 15) is 14.7 Å². The summed E-state index contributed by atoms with van der Waals surface area (Å²) in [4.78, 5) is 36.1. The van der Waals surface area contributed by atoms with Gasteiger partial charge in [0, 0.05) is 32.4 Å². The van der Waals surface area contributed by atoms with Gasteiger partial charge in [-0.1, -0.05) is 37.5 Å². The Morgan fingerprint density at radius 1 is 1.27 bits per heavy atom. The Kier molecular flexibility index (Phi) is 9.64. The zero-order chi connectivity index (χ0) is 33.4. The number of carboxylic acids is 1. The third-order valence-electron chi connectivity index (χ3n) is 7.58.